The predicted octanol–water partition coefficient (Wildman–Crippen LogP) is 4.18. The molecule has 1 unspecified atom stereocenters. The highest BCUT2D eigenvalue weighted by molar-refractivity contribution is 7.80. The number of rotatable bonds is 10. The lowest BCUT2D eigenvalue weighted by atomic mass is 9.98. The topological polar surface area (TPSA) is 142 Å². The molecule has 1 aromatic carbocycles. The molecule has 0 heterocycles. The number of thiol groups is 1. The molecule has 0 fully saturated rings. The lowest BCUT2D eigenvalue weighted by molar-refractivity contribution is -0.193. The number of carboxylic acid groups (broad SMARTS) is 2. The largest absolute Gasteiger partial charge is 0.490 e. The van der Waals surface area contributed by atoms with Gasteiger partial charge in [-0.25, -0.2) is 9.59 Å². The minimum atomic E-state index is -5.08. The second kappa shape index (κ2) is 18.4. The van der Waals surface area contributed by atoms with Gasteiger partial charge in [0.1, 0.15) is 0 Å². The third kappa shape index (κ3) is 17.5. The van der Waals surface area contributed by atoms with Crippen LogP contribution in [-0.2, 0) is 20.8 Å². The van der Waals surface area contributed by atoms with Crippen molar-refractivity contribution in [3.8, 4) is 0 Å². The van der Waals surface area contributed by atoms with Gasteiger partial charge in [0.05, 0.1) is 6.04 Å². The first-order valence-electron chi connectivity index (χ1n) is 10.7. The van der Waals surface area contributed by atoms with Gasteiger partial charge in [0, 0.05) is 34.9 Å². The summed E-state index contributed by atoms with van der Waals surface area (Å²) in [6.07, 6.45) is -8.60. The summed E-state index contributed by atoms with van der Waals surface area (Å²) in [6, 6.07) is 5.06. The normalized spacial score (nSPS) is 13.6. The number of nitrogens with one attached hydrogen (secondary N) is 2. The number of carboxylic acids is 2. The van der Waals surface area contributed by atoms with E-state index in [0.717, 1.165) is 12.0 Å². The van der Waals surface area contributed by atoms with E-state index < -0.39 is 24.3 Å². The standard InChI is InChI=1S/C17H27Cl2N3OS.2C2HF3O2/c1-3-11(2)16(22-9-14(20)10-24)17(23)21-7-6-12-4-5-13(18)8-15(12)19;2*3-2(4,5)1(6)7/h4-5,8,11,14,16,22,24H,3,6-7,9-10,20H2,1-2H3,(H,21,23);2*(H,6,7)/t11-,14?,16+;;/m0../s1. The molecule has 220 valence electrons. The van der Waals surface area contributed by atoms with Crippen LogP contribution in [0, 0.1) is 5.92 Å². The van der Waals surface area contributed by atoms with Gasteiger partial charge in [-0.3, -0.25) is 4.79 Å². The second-order valence-corrected chi connectivity index (χ2v) is 8.81. The molecule has 0 radical (unpaired) electrons. The van der Waals surface area contributed by atoms with E-state index in [1.165, 1.54) is 0 Å². The zero-order valence-electron chi connectivity index (χ0n) is 20.2. The van der Waals surface area contributed by atoms with Crippen LogP contribution in [0.2, 0.25) is 10.0 Å². The zero-order valence-corrected chi connectivity index (χ0v) is 22.6. The van der Waals surface area contributed by atoms with Crippen molar-refractivity contribution in [1.29, 1.82) is 0 Å². The summed E-state index contributed by atoms with van der Waals surface area (Å²) in [4.78, 5) is 30.3. The molecule has 1 aromatic rings. The molecule has 3 atom stereocenters. The molecule has 0 aliphatic rings. The monoisotopic (exact) mass is 619 g/mol. The van der Waals surface area contributed by atoms with Gasteiger partial charge in [0.25, 0.3) is 0 Å². The number of benzene rings is 1. The van der Waals surface area contributed by atoms with Crippen molar-refractivity contribution in [2.24, 2.45) is 11.7 Å². The van der Waals surface area contributed by atoms with E-state index in [1.807, 2.05) is 6.07 Å². The highest BCUT2D eigenvalue weighted by Gasteiger charge is 2.38. The van der Waals surface area contributed by atoms with Crippen LogP contribution in [-0.4, -0.2) is 71.3 Å². The van der Waals surface area contributed by atoms with Crippen LogP contribution in [0.3, 0.4) is 0 Å². The van der Waals surface area contributed by atoms with E-state index >= 15 is 0 Å². The second-order valence-electron chi connectivity index (χ2n) is 7.60. The first-order valence-corrected chi connectivity index (χ1v) is 12.1. The molecular weight excluding hydrogens is 591 g/mol. The van der Waals surface area contributed by atoms with E-state index in [0.29, 0.717) is 35.3 Å². The van der Waals surface area contributed by atoms with Crippen molar-refractivity contribution in [1.82, 2.24) is 10.6 Å². The van der Waals surface area contributed by atoms with E-state index in [1.54, 1.807) is 12.1 Å². The summed E-state index contributed by atoms with van der Waals surface area (Å²) in [5.41, 5.74) is 6.84. The SMILES string of the molecule is CC[C@H](C)[C@@H](NCC(N)CS)C(=O)NCCc1ccc(Cl)cc1Cl.O=C(O)C(F)(F)F.O=C(O)C(F)(F)F. The minimum Gasteiger partial charge on any atom is -0.475 e. The van der Waals surface area contributed by atoms with Gasteiger partial charge < -0.3 is 26.6 Å². The van der Waals surface area contributed by atoms with E-state index in [4.69, 9.17) is 48.7 Å². The molecule has 0 bridgehead atoms. The molecule has 0 aromatic heterocycles. The van der Waals surface area contributed by atoms with Crippen LogP contribution < -0.4 is 16.4 Å². The first-order chi connectivity index (χ1) is 17.3. The summed E-state index contributed by atoms with van der Waals surface area (Å²) >= 11 is 16.2. The third-order valence-electron chi connectivity index (χ3n) is 4.52. The van der Waals surface area contributed by atoms with Crippen LogP contribution in [0.15, 0.2) is 18.2 Å². The predicted molar refractivity (Wildman–Crippen MR) is 134 cm³/mol. The van der Waals surface area contributed by atoms with Crippen LogP contribution in [0.25, 0.3) is 0 Å². The number of halogens is 8. The maximum absolute atomic E-state index is 12.5. The Morgan fingerprint density at radius 1 is 1.05 bits per heavy atom. The molecule has 0 aliphatic heterocycles. The summed E-state index contributed by atoms with van der Waals surface area (Å²) in [5.74, 6) is -4.73. The van der Waals surface area contributed by atoms with Crippen LogP contribution in [0.4, 0.5) is 26.3 Å². The molecular formula is C21H29Cl2F6N3O5S. The van der Waals surface area contributed by atoms with Gasteiger partial charge in [-0.1, -0.05) is 49.5 Å². The average Bonchev–Trinajstić information content (AvgIpc) is 2.79. The molecule has 8 nitrogen and oxygen atoms in total. The number of hydrogen-bond acceptors (Lipinski definition) is 6. The fourth-order valence-corrected chi connectivity index (χ4v) is 2.92. The summed E-state index contributed by atoms with van der Waals surface area (Å²) < 4.78 is 63.5. The van der Waals surface area contributed by atoms with Gasteiger partial charge in [0.2, 0.25) is 5.91 Å². The lowest BCUT2D eigenvalue weighted by Gasteiger charge is -2.25. The Hall–Kier alpha value is -1.94. The Morgan fingerprint density at radius 3 is 1.89 bits per heavy atom. The Bertz CT molecular complexity index is 870. The minimum absolute atomic E-state index is 0.0131. The molecule has 38 heavy (non-hydrogen) atoms. The van der Waals surface area contributed by atoms with Crippen LogP contribution >= 0.6 is 35.8 Å². The highest BCUT2D eigenvalue weighted by Crippen LogP contribution is 2.21. The fourth-order valence-electron chi connectivity index (χ4n) is 2.29. The Labute approximate surface area is 230 Å². The molecule has 0 spiro atoms. The number of alkyl halides is 6. The van der Waals surface area contributed by atoms with Crippen LogP contribution in [0.5, 0.6) is 0 Å². The number of amides is 1. The highest BCUT2D eigenvalue weighted by atomic mass is 35.5. The van der Waals surface area contributed by atoms with E-state index in [9.17, 15) is 31.1 Å². The average molecular weight is 620 g/mol. The number of hydrogen-bond donors (Lipinski definition) is 6. The molecule has 0 saturated carbocycles. The maximum Gasteiger partial charge on any atom is 0.490 e. The van der Waals surface area contributed by atoms with Gasteiger partial charge in [0.15, 0.2) is 0 Å². The number of aliphatic carboxylic acids is 2. The number of nitrogens with two attached hydrogens (primary N) is 1. The Balaban J connectivity index is 0. The quantitative estimate of drug-likeness (QED) is 0.170. The summed E-state index contributed by atoms with van der Waals surface area (Å²) in [5, 5.41) is 21.7. The number of carbonyl (C=O) groups is 3. The van der Waals surface area contributed by atoms with Crippen molar-refractivity contribution in [3.05, 3.63) is 33.8 Å². The molecule has 0 saturated heterocycles. The number of carbonyl (C=O) groups excluding carboxylic acids is 1. The van der Waals surface area contributed by atoms with E-state index in [2.05, 4.69) is 37.1 Å². The molecule has 17 heteroatoms. The Morgan fingerprint density at radius 2 is 1.53 bits per heavy atom. The van der Waals surface area contributed by atoms with Gasteiger partial charge in [-0.2, -0.15) is 39.0 Å². The molecule has 0 aliphatic carbocycles. The maximum atomic E-state index is 12.5. The summed E-state index contributed by atoms with van der Waals surface area (Å²) in [6.45, 7) is 5.21. The lowest BCUT2D eigenvalue weighted by Crippen LogP contribution is -2.51. The van der Waals surface area contributed by atoms with Crippen molar-refractivity contribution < 1.29 is 50.9 Å². The van der Waals surface area contributed by atoms with Crippen molar-refractivity contribution in [3.63, 3.8) is 0 Å². The van der Waals surface area contributed by atoms with Crippen molar-refractivity contribution in [2.45, 2.75) is 51.1 Å². The fraction of sp³-hybridized carbons (Fsp3) is 0.571. The van der Waals surface area contributed by atoms with Gasteiger partial charge in [-0.15, -0.1) is 0 Å². The van der Waals surface area contributed by atoms with Gasteiger partial charge in [-0.05, 0) is 30.0 Å². The van der Waals surface area contributed by atoms with E-state index in [-0.39, 0.29) is 23.9 Å². The first kappa shape index (κ1) is 38.2. The molecule has 1 rings (SSSR count). The van der Waals surface area contributed by atoms with Crippen molar-refractivity contribution >= 4 is 53.7 Å². The van der Waals surface area contributed by atoms with Crippen molar-refractivity contribution in [2.75, 3.05) is 18.8 Å². The molecule has 6 N–H and O–H groups in total. The van der Waals surface area contributed by atoms with Gasteiger partial charge >= 0.3 is 24.3 Å². The zero-order chi connectivity index (χ0) is 30.3. The van der Waals surface area contributed by atoms with Crippen LogP contribution in [0.1, 0.15) is 25.8 Å². The smallest absolute Gasteiger partial charge is 0.475 e. The summed E-state index contributed by atoms with van der Waals surface area (Å²) in [7, 11) is 0. The Kier molecular flexibility index (Phi) is 18.5. The third-order valence-corrected chi connectivity index (χ3v) is 5.58. The molecule has 1 amide bonds.